The summed E-state index contributed by atoms with van der Waals surface area (Å²) >= 11 is 0. The fourth-order valence-electron chi connectivity index (χ4n) is 2.42. The van der Waals surface area contributed by atoms with Crippen molar-refractivity contribution in [2.45, 2.75) is 52.9 Å². The van der Waals surface area contributed by atoms with E-state index in [1.54, 1.807) is 0 Å². The van der Waals surface area contributed by atoms with Crippen LogP contribution in [0.1, 0.15) is 52.9 Å². The SMILES string of the molecule is CCCCC(CC)(CC)C1=CC=CC=CN1. The van der Waals surface area contributed by atoms with E-state index in [1.165, 1.54) is 37.8 Å². The molecule has 0 unspecified atom stereocenters. The van der Waals surface area contributed by atoms with E-state index in [2.05, 4.69) is 50.4 Å². The molecule has 90 valence electrons. The molecule has 0 aromatic carbocycles. The highest BCUT2D eigenvalue weighted by Crippen LogP contribution is 2.39. The summed E-state index contributed by atoms with van der Waals surface area (Å²) in [4.78, 5) is 0. The molecule has 0 spiro atoms. The summed E-state index contributed by atoms with van der Waals surface area (Å²) in [7, 11) is 0. The van der Waals surface area contributed by atoms with Gasteiger partial charge in [0.05, 0.1) is 0 Å². The summed E-state index contributed by atoms with van der Waals surface area (Å²) in [6, 6.07) is 0. The molecule has 0 fully saturated rings. The fourth-order valence-corrected chi connectivity index (χ4v) is 2.42. The smallest absolute Gasteiger partial charge is 0.0209 e. The predicted molar refractivity (Wildman–Crippen MR) is 72.0 cm³/mol. The summed E-state index contributed by atoms with van der Waals surface area (Å²) in [5.41, 5.74) is 1.73. The number of hydrogen-bond donors (Lipinski definition) is 1. The van der Waals surface area contributed by atoms with Crippen LogP contribution in [0.5, 0.6) is 0 Å². The van der Waals surface area contributed by atoms with Crippen LogP contribution in [0, 0.1) is 5.41 Å². The Bertz CT molecular complexity index is 280. The lowest BCUT2D eigenvalue weighted by molar-refractivity contribution is 0.279. The molecule has 1 heterocycles. The first-order valence-electron chi connectivity index (χ1n) is 6.59. The first-order valence-corrected chi connectivity index (χ1v) is 6.59. The molecule has 0 aliphatic carbocycles. The van der Waals surface area contributed by atoms with Crippen LogP contribution in [0.25, 0.3) is 0 Å². The van der Waals surface area contributed by atoms with Crippen molar-refractivity contribution in [3.8, 4) is 0 Å². The van der Waals surface area contributed by atoms with Gasteiger partial charge < -0.3 is 5.32 Å². The Morgan fingerprint density at radius 1 is 1.06 bits per heavy atom. The maximum atomic E-state index is 3.45. The van der Waals surface area contributed by atoms with Gasteiger partial charge in [0, 0.05) is 17.3 Å². The van der Waals surface area contributed by atoms with Gasteiger partial charge in [-0.15, -0.1) is 0 Å². The lowest BCUT2D eigenvalue weighted by Crippen LogP contribution is -2.28. The molecule has 0 amide bonds. The third-order valence-corrected chi connectivity index (χ3v) is 3.75. The van der Waals surface area contributed by atoms with E-state index in [-0.39, 0.29) is 0 Å². The van der Waals surface area contributed by atoms with Crippen LogP contribution in [-0.2, 0) is 0 Å². The average molecular weight is 219 g/mol. The Morgan fingerprint density at radius 2 is 1.81 bits per heavy atom. The van der Waals surface area contributed by atoms with Crippen LogP contribution >= 0.6 is 0 Å². The first-order chi connectivity index (χ1) is 7.79. The van der Waals surface area contributed by atoms with Crippen molar-refractivity contribution in [1.82, 2.24) is 5.32 Å². The molecule has 1 heteroatoms. The first kappa shape index (κ1) is 13.1. The van der Waals surface area contributed by atoms with Gasteiger partial charge in [0.25, 0.3) is 0 Å². The molecule has 0 aromatic heterocycles. The maximum absolute atomic E-state index is 3.45. The highest BCUT2D eigenvalue weighted by Gasteiger charge is 2.29. The van der Waals surface area contributed by atoms with E-state index in [4.69, 9.17) is 0 Å². The number of hydrogen-bond acceptors (Lipinski definition) is 1. The van der Waals surface area contributed by atoms with Crippen LogP contribution in [0.4, 0.5) is 0 Å². The summed E-state index contributed by atoms with van der Waals surface area (Å²) in [6.45, 7) is 6.88. The van der Waals surface area contributed by atoms with Crippen molar-refractivity contribution >= 4 is 0 Å². The van der Waals surface area contributed by atoms with Crippen LogP contribution in [0.15, 0.2) is 36.2 Å². The molecule has 1 N–H and O–H groups in total. The quantitative estimate of drug-likeness (QED) is 0.691. The molecule has 1 nitrogen and oxygen atoms in total. The van der Waals surface area contributed by atoms with Gasteiger partial charge in [-0.2, -0.15) is 0 Å². The Hall–Kier alpha value is -0.980. The minimum atomic E-state index is 0.342. The minimum Gasteiger partial charge on any atom is -0.365 e. The Labute approximate surface area is 100 Å². The molecule has 0 saturated carbocycles. The van der Waals surface area contributed by atoms with E-state index in [1.807, 2.05) is 6.20 Å². The molecule has 16 heavy (non-hydrogen) atoms. The van der Waals surface area contributed by atoms with E-state index >= 15 is 0 Å². The summed E-state index contributed by atoms with van der Waals surface area (Å²) < 4.78 is 0. The number of nitrogens with one attached hydrogen (secondary N) is 1. The molecule has 1 rings (SSSR count). The highest BCUT2D eigenvalue weighted by molar-refractivity contribution is 5.25. The standard InChI is InChI=1S/C15H25N/c1-4-7-12-15(5-2,6-3)14-11-9-8-10-13-16-14/h8-11,13,16H,4-7,12H2,1-3H3. The van der Waals surface area contributed by atoms with E-state index < -0.39 is 0 Å². The van der Waals surface area contributed by atoms with Gasteiger partial charge in [0.15, 0.2) is 0 Å². The minimum absolute atomic E-state index is 0.342. The summed E-state index contributed by atoms with van der Waals surface area (Å²) in [5, 5.41) is 3.45. The zero-order valence-electron chi connectivity index (χ0n) is 10.9. The van der Waals surface area contributed by atoms with Crippen molar-refractivity contribution in [3.63, 3.8) is 0 Å². The number of allylic oxidation sites excluding steroid dienone is 5. The van der Waals surface area contributed by atoms with Crippen LogP contribution < -0.4 is 5.32 Å². The topological polar surface area (TPSA) is 12.0 Å². The zero-order chi connectivity index (χ0) is 11.9. The van der Waals surface area contributed by atoms with E-state index in [9.17, 15) is 0 Å². The maximum Gasteiger partial charge on any atom is 0.0209 e. The highest BCUT2D eigenvalue weighted by atomic mass is 14.9. The van der Waals surface area contributed by atoms with E-state index in [0.717, 1.165) is 0 Å². The second kappa shape index (κ2) is 6.57. The molecular formula is C15H25N. The third-order valence-electron chi connectivity index (χ3n) is 3.75. The van der Waals surface area contributed by atoms with Gasteiger partial charge in [0.2, 0.25) is 0 Å². The van der Waals surface area contributed by atoms with Gasteiger partial charge >= 0.3 is 0 Å². The second-order valence-corrected chi connectivity index (χ2v) is 4.56. The lowest BCUT2D eigenvalue weighted by Gasteiger charge is -2.34. The number of unbranched alkanes of at least 4 members (excludes halogenated alkanes) is 1. The predicted octanol–water partition coefficient (Wildman–Crippen LogP) is 4.54. The molecule has 0 bridgehead atoms. The average Bonchev–Trinajstić information content (AvgIpc) is 2.61. The van der Waals surface area contributed by atoms with E-state index in [0.29, 0.717) is 5.41 Å². The van der Waals surface area contributed by atoms with Crippen molar-refractivity contribution in [1.29, 1.82) is 0 Å². The summed E-state index contributed by atoms with van der Waals surface area (Å²) in [5.74, 6) is 0. The monoisotopic (exact) mass is 219 g/mol. The van der Waals surface area contributed by atoms with Crippen LogP contribution in [-0.4, -0.2) is 0 Å². The third kappa shape index (κ3) is 3.01. The lowest BCUT2D eigenvalue weighted by atomic mass is 9.74. The number of rotatable bonds is 6. The van der Waals surface area contributed by atoms with Gasteiger partial charge in [-0.1, -0.05) is 45.8 Å². The van der Waals surface area contributed by atoms with Gasteiger partial charge in [-0.05, 0) is 31.4 Å². The van der Waals surface area contributed by atoms with Crippen molar-refractivity contribution in [2.24, 2.45) is 5.41 Å². The van der Waals surface area contributed by atoms with Crippen molar-refractivity contribution < 1.29 is 0 Å². The molecule has 0 atom stereocenters. The molecule has 0 radical (unpaired) electrons. The molecule has 0 aromatic rings. The van der Waals surface area contributed by atoms with Gasteiger partial charge in [-0.3, -0.25) is 0 Å². The molecule has 1 aliphatic rings. The van der Waals surface area contributed by atoms with Crippen LogP contribution in [0.3, 0.4) is 0 Å². The zero-order valence-corrected chi connectivity index (χ0v) is 10.9. The second-order valence-electron chi connectivity index (χ2n) is 4.56. The molecule has 0 saturated heterocycles. The van der Waals surface area contributed by atoms with Crippen molar-refractivity contribution in [2.75, 3.05) is 0 Å². The Balaban J connectivity index is 2.86. The molecular weight excluding hydrogens is 194 g/mol. The van der Waals surface area contributed by atoms with Crippen LogP contribution in [0.2, 0.25) is 0 Å². The molecule has 1 aliphatic heterocycles. The fraction of sp³-hybridized carbons (Fsp3) is 0.600. The summed E-state index contributed by atoms with van der Waals surface area (Å²) in [6.07, 6.45) is 16.9. The van der Waals surface area contributed by atoms with Gasteiger partial charge in [-0.25, -0.2) is 0 Å². The Morgan fingerprint density at radius 3 is 2.44 bits per heavy atom. The normalized spacial score (nSPS) is 15.6. The Kier molecular flexibility index (Phi) is 5.37. The van der Waals surface area contributed by atoms with Gasteiger partial charge in [0.1, 0.15) is 0 Å². The van der Waals surface area contributed by atoms with Crippen molar-refractivity contribution in [3.05, 3.63) is 36.2 Å². The largest absolute Gasteiger partial charge is 0.365 e.